The standard InChI is InChI=1S/C11H13BrFN4O6P/c12-4-1-17(10-6(4)9(14)15-3-16-10)11-7(13)8(18)5(23-11)2-22-24(19,20)21/h1,3,5,7-8,11,18H,2H2,(H2,14,15,16)(H2,19,20,21)/t5-,7?,8+,11-/m1/s1. The van der Waals surface area contributed by atoms with Gasteiger partial charge in [-0.25, -0.2) is 18.9 Å². The molecule has 1 unspecified atom stereocenters. The van der Waals surface area contributed by atoms with Crippen LogP contribution in [0.3, 0.4) is 0 Å². The van der Waals surface area contributed by atoms with E-state index in [0.29, 0.717) is 9.86 Å². The lowest BCUT2D eigenvalue weighted by Gasteiger charge is -2.16. The van der Waals surface area contributed by atoms with Crippen LogP contribution in [0, 0.1) is 0 Å². The molecule has 3 heterocycles. The summed E-state index contributed by atoms with van der Waals surface area (Å²) >= 11 is 3.27. The fraction of sp³-hybridized carbons (Fsp3) is 0.455. The number of aromatic nitrogens is 3. The first-order valence-electron chi connectivity index (χ1n) is 6.63. The Kier molecular flexibility index (Phi) is 4.64. The van der Waals surface area contributed by atoms with E-state index in [1.165, 1.54) is 17.1 Å². The van der Waals surface area contributed by atoms with E-state index in [9.17, 15) is 14.1 Å². The zero-order valence-electron chi connectivity index (χ0n) is 11.9. The fourth-order valence-corrected chi connectivity index (χ4v) is 3.43. The summed E-state index contributed by atoms with van der Waals surface area (Å²) in [5, 5.41) is 10.4. The molecule has 0 aromatic carbocycles. The number of anilines is 1. The number of phosphoric ester groups is 1. The molecule has 0 aliphatic carbocycles. The zero-order chi connectivity index (χ0) is 17.6. The van der Waals surface area contributed by atoms with Gasteiger partial charge in [-0.15, -0.1) is 0 Å². The van der Waals surface area contributed by atoms with Crippen molar-refractivity contribution in [3.8, 4) is 0 Å². The normalized spacial score (nSPS) is 27.9. The molecular weight excluding hydrogens is 414 g/mol. The summed E-state index contributed by atoms with van der Waals surface area (Å²) in [4.78, 5) is 25.3. The first-order chi connectivity index (χ1) is 11.2. The molecule has 0 spiro atoms. The van der Waals surface area contributed by atoms with Crippen LogP contribution in [-0.4, -0.2) is 54.4 Å². The number of hydrogen-bond acceptors (Lipinski definition) is 7. The molecule has 1 aliphatic heterocycles. The lowest BCUT2D eigenvalue weighted by atomic mass is 10.1. The molecule has 0 saturated carbocycles. The van der Waals surface area contributed by atoms with Crippen LogP contribution in [0.1, 0.15) is 6.23 Å². The third kappa shape index (κ3) is 3.18. The maximum atomic E-state index is 14.4. The molecule has 0 amide bonds. The van der Waals surface area contributed by atoms with Crippen molar-refractivity contribution in [1.82, 2.24) is 14.5 Å². The average Bonchev–Trinajstić information content (AvgIpc) is 2.96. The summed E-state index contributed by atoms with van der Waals surface area (Å²) in [5.41, 5.74) is 6.05. The van der Waals surface area contributed by atoms with Crippen LogP contribution in [0.2, 0.25) is 0 Å². The molecule has 10 nitrogen and oxygen atoms in total. The largest absolute Gasteiger partial charge is 0.469 e. The molecular formula is C11H13BrFN4O6P. The van der Waals surface area contributed by atoms with Crippen molar-refractivity contribution in [3.05, 3.63) is 17.0 Å². The third-order valence-corrected chi connectivity index (χ3v) is 4.65. The summed E-state index contributed by atoms with van der Waals surface area (Å²) in [7, 11) is -4.76. The second kappa shape index (κ2) is 6.30. The van der Waals surface area contributed by atoms with Crippen LogP contribution < -0.4 is 5.73 Å². The Bertz CT molecular complexity index is 815. The number of fused-ring (bicyclic) bond motifs is 1. The Morgan fingerprint density at radius 1 is 1.50 bits per heavy atom. The van der Waals surface area contributed by atoms with Crippen LogP contribution in [-0.2, 0) is 13.8 Å². The molecule has 0 radical (unpaired) electrons. The molecule has 2 aromatic rings. The molecule has 1 fully saturated rings. The Hall–Kier alpha value is -1.14. The molecule has 1 aliphatic rings. The van der Waals surface area contributed by atoms with Gasteiger partial charge in [0.2, 0.25) is 0 Å². The maximum Gasteiger partial charge on any atom is 0.469 e. The first-order valence-corrected chi connectivity index (χ1v) is 8.95. The minimum atomic E-state index is -4.76. The van der Waals surface area contributed by atoms with Gasteiger partial charge < -0.3 is 29.9 Å². The van der Waals surface area contributed by atoms with E-state index in [2.05, 4.69) is 30.4 Å². The molecule has 3 rings (SSSR count). The molecule has 0 bridgehead atoms. The fourth-order valence-electron chi connectivity index (χ4n) is 2.49. The van der Waals surface area contributed by atoms with Crippen LogP contribution in [0.5, 0.6) is 0 Å². The van der Waals surface area contributed by atoms with Crippen LogP contribution >= 0.6 is 23.8 Å². The number of halogens is 2. The highest BCUT2D eigenvalue weighted by atomic mass is 79.9. The number of phosphoric acid groups is 1. The highest BCUT2D eigenvalue weighted by molar-refractivity contribution is 9.10. The summed E-state index contributed by atoms with van der Waals surface area (Å²) in [6.07, 6.45) is -3.34. The quantitative estimate of drug-likeness (QED) is 0.511. The number of nitrogens with zero attached hydrogens (tertiary/aromatic N) is 3. The van der Waals surface area contributed by atoms with Crippen LogP contribution in [0.4, 0.5) is 10.2 Å². The Morgan fingerprint density at radius 3 is 2.88 bits per heavy atom. The predicted molar refractivity (Wildman–Crippen MR) is 82.4 cm³/mol. The number of nitrogens with two attached hydrogens (primary N) is 1. The number of aliphatic hydroxyl groups is 1. The molecule has 5 N–H and O–H groups in total. The van der Waals surface area contributed by atoms with E-state index in [1.807, 2.05) is 0 Å². The molecule has 13 heteroatoms. The van der Waals surface area contributed by atoms with E-state index in [4.69, 9.17) is 20.3 Å². The number of nitrogen functional groups attached to an aromatic ring is 1. The smallest absolute Gasteiger partial charge is 0.387 e. The van der Waals surface area contributed by atoms with Crippen molar-refractivity contribution in [3.63, 3.8) is 0 Å². The van der Waals surface area contributed by atoms with E-state index in [-0.39, 0.29) is 11.5 Å². The van der Waals surface area contributed by atoms with Gasteiger partial charge in [0.25, 0.3) is 0 Å². The van der Waals surface area contributed by atoms with Crippen molar-refractivity contribution < 1.29 is 33.1 Å². The van der Waals surface area contributed by atoms with E-state index >= 15 is 0 Å². The predicted octanol–water partition coefficient (Wildman–Crippen LogP) is 0.482. The zero-order valence-corrected chi connectivity index (χ0v) is 14.3. The second-order valence-electron chi connectivity index (χ2n) is 5.13. The summed E-state index contributed by atoms with van der Waals surface area (Å²) in [6, 6.07) is 0. The van der Waals surface area contributed by atoms with Gasteiger partial charge in [-0.1, -0.05) is 0 Å². The topological polar surface area (TPSA) is 153 Å². The number of ether oxygens (including phenoxy) is 1. The second-order valence-corrected chi connectivity index (χ2v) is 7.22. The van der Waals surface area contributed by atoms with E-state index in [1.54, 1.807) is 0 Å². The van der Waals surface area contributed by atoms with Gasteiger partial charge in [0.1, 0.15) is 30.0 Å². The number of hydrogen-bond donors (Lipinski definition) is 4. The molecule has 1 saturated heterocycles. The average molecular weight is 427 g/mol. The summed E-state index contributed by atoms with van der Waals surface area (Å²) in [6.45, 7) is -0.667. The Labute approximate surface area is 142 Å². The number of aliphatic hydroxyl groups excluding tert-OH is 1. The van der Waals surface area contributed by atoms with Crippen molar-refractivity contribution in [2.24, 2.45) is 0 Å². The van der Waals surface area contributed by atoms with Gasteiger partial charge in [-0.2, -0.15) is 0 Å². The number of alkyl halides is 1. The molecule has 2 aromatic heterocycles. The van der Waals surface area contributed by atoms with Crippen LogP contribution in [0.15, 0.2) is 17.0 Å². The highest BCUT2D eigenvalue weighted by Gasteiger charge is 2.46. The minimum absolute atomic E-state index is 0.181. The minimum Gasteiger partial charge on any atom is -0.387 e. The van der Waals surface area contributed by atoms with Gasteiger partial charge in [-0.05, 0) is 15.9 Å². The van der Waals surface area contributed by atoms with Gasteiger partial charge in [0, 0.05) is 10.7 Å². The monoisotopic (exact) mass is 426 g/mol. The van der Waals surface area contributed by atoms with Crippen LogP contribution in [0.25, 0.3) is 11.0 Å². The van der Waals surface area contributed by atoms with Gasteiger partial charge >= 0.3 is 7.82 Å². The Balaban J connectivity index is 1.90. The molecule has 24 heavy (non-hydrogen) atoms. The molecule has 4 atom stereocenters. The maximum absolute atomic E-state index is 14.4. The lowest BCUT2D eigenvalue weighted by Crippen LogP contribution is -2.31. The lowest BCUT2D eigenvalue weighted by molar-refractivity contribution is -0.0449. The van der Waals surface area contributed by atoms with Crippen molar-refractivity contribution >= 4 is 40.6 Å². The van der Waals surface area contributed by atoms with Crippen molar-refractivity contribution in [2.75, 3.05) is 12.3 Å². The number of rotatable bonds is 4. The third-order valence-electron chi connectivity index (χ3n) is 3.57. The SMILES string of the molecule is Nc1ncnc2c1c(Br)cn2[C@@H]1O[C@H](COP(=O)(O)O)[C@H](O)C1F. The highest BCUT2D eigenvalue weighted by Crippen LogP contribution is 2.40. The molecule has 132 valence electrons. The van der Waals surface area contributed by atoms with Gasteiger partial charge in [-0.3, -0.25) is 4.52 Å². The van der Waals surface area contributed by atoms with Gasteiger partial charge in [0.05, 0.1) is 12.0 Å². The van der Waals surface area contributed by atoms with E-state index < -0.39 is 39.0 Å². The van der Waals surface area contributed by atoms with Crippen molar-refractivity contribution in [2.45, 2.75) is 24.6 Å². The van der Waals surface area contributed by atoms with Crippen molar-refractivity contribution in [1.29, 1.82) is 0 Å². The summed E-state index contributed by atoms with van der Waals surface area (Å²) in [5.74, 6) is 0.181. The van der Waals surface area contributed by atoms with Gasteiger partial charge in [0.15, 0.2) is 12.4 Å². The van der Waals surface area contributed by atoms with E-state index in [0.717, 1.165) is 0 Å². The first kappa shape index (κ1) is 17.7. The Morgan fingerprint density at radius 2 is 2.21 bits per heavy atom. The summed E-state index contributed by atoms with van der Waals surface area (Å²) < 4.78 is 36.7.